The Morgan fingerprint density at radius 2 is 1.79 bits per heavy atom. The summed E-state index contributed by atoms with van der Waals surface area (Å²) in [6.45, 7) is 6.29. The second kappa shape index (κ2) is 9.30. The van der Waals surface area contributed by atoms with Crippen molar-refractivity contribution in [1.82, 2.24) is 20.2 Å². The van der Waals surface area contributed by atoms with Gasteiger partial charge in [-0.25, -0.2) is 9.97 Å². The van der Waals surface area contributed by atoms with Gasteiger partial charge < -0.3 is 25.7 Å². The zero-order valence-electron chi connectivity index (χ0n) is 18.7. The number of benzene rings is 1. The maximum absolute atomic E-state index is 10.2. The number of nitrogens with zero attached hydrogens (tertiary/aromatic N) is 6. The maximum Gasteiger partial charge on any atom is 0.206 e. The Balaban J connectivity index is 1.53. The van der Waals surface area contributed by atoms with E-state index in [1.807, 2.05) is 18.2 Å². The van der Waals surface area contributed by atoms with E-state index in [0.717, 1.165) is 37.6 Å². The highest BCUT2D eigenvalue weighted by Gasteiger charge is 2.20. The van der Waals surface area contributed by atoms with Crippen LogP contribution in [0.1, 0.15) is 26.1 Å². The molecule has 33 heavy (non-hydrogen) atoms. The molecule has 0 radical (unpaired) electrons. The first kappa shape index (κ1) is 22.3. The van der Waals surface area contributed by atoms with Crippen LogP contribution in [-0.4, -0.2) is 62.2 Å². The molecule has 0 bridgehead atoms. The summed E-state index contributed by atoms with van der Waals surface area (Å²) >= 11 is 0. The lowest BCUT2D eigenvalue weighted by molar-refractivity contribution is 0.143. The Morgan fingerprint density at radius 3 is 2.58 bits per heavy atom. The number of phenols is 1. The minimum absolute atomic E-state index is 0.150. The van der Waals surface area contributed by atoms with E-state index in [1.54, 1.807) is 38.2 Å². The van der Waals surface area contributed by atoms with E-state index in [2.05, 4.69) is 41.8 Å². The monoisotopic (exact) mass is 445 g/mol. The summed E-state index contributed by atoms with van der Waals surface area (Å²) in [5.74, 6) is 7.26. The number of hydrogen-bond donors (Lipinski definition) is 3. The fraction of sp³-hybridized carbons (Fsp3) is 0.333. The number of anilines is 3. The van der Waals surface area contributed by atoms with Crippen molar-refractivity contribution in [3.8, 4) is 28.8 Å². The normalized spacial score (nSPS) is 14.4. The fourth-order valence-electron chi connectivity index (χ4n) is 3.65. The van der Waals surface area contributed by atoms with Crippen molar-refractivity contribution in [3.05, 3.63) is 48.4 Å². The number of aliphatic hydroxyl groups is 1. The molecule has 9 nitrogen and oxygen atoms in total. The summed E-state index contributed by atoms with van der Waals surface area (Å²) in [5, 5.41) is 28.3. The number of aromatic nitrogens is 4. The Kier molecular flexibility index (Phi) is 6.29. The number of para-hydroxylation sites is 1. The topological polar surface area (TPSA) is 125 Å². The molecule has 3 aromatic rings. The van der Waals surface area contributed by atoms with Gasteiger partial charge in [0.1, 0.15) is 17.2 Å². The van der Waals surface area contributed by atoms with Gasteiger partial charge in [-0.15, -0.1) is 10.2 Å². The summed E-state index contributed by atoms with van der Waals surface area (Å²) in [5.41, 5.74) is 7.06. The van der Waals surface area contributed by atoms with E-state index < -0.39 is 5.60 Å². The summed E-state index contributed by atoms with van der Waals surface area (Å²) in [6.07, 6.45) is 2.57. The van der Waals surface area contributed by atoms with Crippen LogP contribution in [0.3, 0.4) is 0 Å². The van der Waals surface area contributed by atoms with E-state index in [4.69, 9.17) is 5.73 Å². The van der Waals surface area contributed by atoms with Crippen LogP contribution < -0.4 is 15.5 Å². The predicted molar refractivity (Wildman–Crippen MR) is 128 cm³/mol. The van der Waals surface area contributed by atoms with Crippen LogP contribution in [0.25, 0.3) is 11.3 Å². The van der Waals surface area contributed by atoms with E-state index in [9.17, 15) is 10.2 Å². The van der Waals surface area contributed by atoms with Crippen molar-refractivity contribution < 1.29 is 10.2 Å². The molecule has 1 aliphatic rings. The smallest absolute Gasteiger partial charge is 0.206 e. The third kappa shape index (κ3) is 5.48. The molecule has 0 saturated carbocycles. The molecule has 0 atom stereocenters. The van der Waals surface area contributed by atoms with Crippen molar-refractivity contribution in [2.24, 2.45) is 0 Å². The lowest BCUT2D eigenvalue weighted by Crippen LogP contribution is -2.31. The van der Waals surface area contributed by atoms with Gasteiger partial charge in [-0.05, 0) is 50.5 Å². The minimum Gasteiger partial charge on any atom is -0.507 e. The van der Waals surface area contributed by atoms with E-state index >= 15 is 0 Å². The van der Waals surface area contributed by atoms with Crippen molar-refractivity contribution >= 4 is 17.3 Å². The fourth-order valence-corrected chi connectivity index (χ4v) is 3.65. The molecule has 0 unspecified atom stereocenters. The first-order valence-electron chi connectivity index (χ1n) is 10.8. The SMILES string of the molecule is CC(C)(O)C#Cc1nccc(N2CCCN(c3cc(-c4ccccc4O)nnc3N)CC2)n1. The Labute approximate surface area is 192 Å². The first-order chi connectivity index (χ1) is 15.8. The van der Waals surface area contributed by atoms with Crippen molar-refractivity contribution in [3.63, 3.8) is 0 Å². The minimum atomic E-state index is -1.10. The molecular formula is C24H27N7O2. The van der Waals surface area contributed by atoms with Gasteiger partial charge in [0.25, 0.3) is 0 Å². The van der Waals surface area contributed by atoms with Crippen LogP contribution in [0.15, 0.2) is 42.6 Å². The van der Waals surface area contributed by atoms with Crippen LogP contribution in [0.2, 0.25) is 0 Å². The van der Waals surface area contributed by atoms with E-state index in [-0.39, 0.29) is 5.75 Å². The van der Waals surface area contributed by atoms with Gasteiger partial charge in [0.05, 0.1) is 11.4 Å². The highest BCUT2D eigenvalue weighted by atomic mass is 16.3. The number of nitrogens with two attached hydrogens (primary N) is 1. The molecule has 0 amide bonds. The molecule has 170 valence electrons. The van der Waals surface area contributed by atoms with Gasteiger partial charge in [-0.1, -0.05) is 18.1 Å². The molecule has 1 aliphatic heterocycles. The average molecular weight is 446 g/mol. The Hall–Kier alpha value is -3.90. The lowest BCUT2D eigenvalue weighted by Gasteiger charge is -2.25. The summed E-state index contributed by atoms with van der Waals surface area (Å²) in [4.78, 5) is 13.1. The van der Waals surface area contributed by atoms with Crippen LogP contribution in [-0.2, 0) is 0 Å². The van der Waals surface area contributed by atoms with Crippen molar-refractivity contribution in [1.29, 1.82) is 0 Å². The highest BCUT2D eigenvalue weighted by molar-refractivity contribution is 5.74. The maximum atomic E-state index is 10.2. The first-order valence-corrected chi connectivity index (χ1v) is 10.8. The van der Waals surface area contributed by atoms with Crippen LogP contribution in [0.5, 0.6) is 5.75 Å². The Bertz CT molecular complexity index is 1200. The number of nitrogen functional groups attached to an aromatic ring is 1. The van der Waals surface area contributed by atoms with Crippen molar-refractivity contribution in [2.75, 3.05) is 41.7 Å². The molecule has 2 aromatic heterocycles. The Morgan fingerprint density at radius 1 is 1.03 bits per heavy atom. The van der Waals surface area contributed by atoms with Gasteiger partial charge >= 0.3 is 0 Å². The summed E-state index contributed by atoms with van der Waals surface area (Å²) in [7, 11) is 0. The second-order valence-electron chi connectivity index (χ2n) is 8.39. The standard InChI is InChI=1S/C24H27N7O2/c1-24(2,33)10-8-21-26-11-9-22(27-21)31-13-5-12-30(14-15-31)19-16-18(28-29-23(19)25)17-6-3-4-7-20(17)32/h3-4,6-7,9,11,16,32-33H,5,12-15H2,1-2H3,(H2,25,29). The predicted octanol–water partition coefficient (Wildman–Crippen LogP) is 2.06. The molecule has 0 aliphatic carbocycles. The zero-order chi connectivity index (χ0) is 23.4. The van der Waals surface area contributed by atoms with E-state index in [1.165, 1.54) is 0 Å². The van der Waals surface area contributed by atoms with Gasteiger partial charge in [0.15, 0.2) is 5.82 Å². The van der Waals surface area contributed by atoms with E-state index in [0.29, 0.717) is 29.4 Å². The molecule has 1 saturated heterocycles. The quantitative estimate of drug-likeness (QED) is 0.520. The van der Waals surface area contributed by atoms with Gasteiger partial charge in [0, 0.05) is 37.9 Å². The van der Waals surface area contributed by atoms with Crippen LogP contribution >= 0.6 is 0 Å². The van der Waals surface area contributed by atoms with Gasteiger partial charge in [-0.2, -0.15) is 0 Å². The number of rotatable bonds is 3. The molecule has 1 aromatic carbocycles. The molecule has 0 spiro atoms. The molecule has 9 heteroatoms. The number of aromatic hydroxyl groups is 1. The number of hydrogen-bond acceptors (Lipinski definition) is 9. The third-order valence-electron chi connectivity index (χ3n) is 5.26. The number of phenolic OH excluding ortho intramolecular Hbond substituents is 1. The third-order valence-corrected chi connectivity index (χ3v) is 5.26. The highest BCUT2D eigenvalue weighted by Crippen LogP contribution is 2.31. The summed E-state index contributed by atoms with van der Waals surface area (Å²) in [6, 6.07) is 10.8. The lowest BCUT2D eigenvalue weighted by atomic mass is 10.1. The second-order valence-corrected chi connectivity index (χ2v) is 8.39. The summed E-state index contributed by atoms with van der Waals surface area (Å²) < 4.78 is 0. The van der Waals surface area contributed by atoms with Crippen LogP contribution in [0.4, 0.5) is 17.3 Å². The zero-order valence-corrected chi connectivity index (χ0v) is 18.7. The van der Waals surface area contributed by atoms with Crippen molar-refractivity contribution in [2.45, 2.75) is 25.9 Å². The van der Waals surface area contributed by atoms with Gasteiger partial charge in [0.2, 0.25) is 5.82 Å². The molecular weight excluding hydrogens is 418 g/mol. The molecule has 3 heterocycles. The van der Waals surface area contributed by atoms with Gasteiger partial charge in [-0.3, -0.25) is 0 Å². The molecule has 4 rings (SSSR count). The molecule has 4 N–H and O–H groups in total. The van der Waals surface area contributed by atoms with Crippen LogP contribution in [0, 0.1) is 11.8 Å². The average Bonchev–Trinajstić information content (AvgIpc) is 3.05. The largest absolute Gasteiger partial charge is 0.507 e. The molecule has 1 fully saturated rings.